The third-order valence-corrected chi connectivity index (χ3v) is 7.00. The van der Waals surface area contributed by atoms with Gasteiger partial charge in [0.05, 0.1) is 38.2 Å². The molecule has 2 unspecified atom stereocenters. The maximum Gasteiger partial charge on any atom is 0.319 e. The highest BCUT2D eigenvalue weighted by atomic mass is 19.3. The summed E-state index contributed by atoms with van der Waals surface area (Å²) in [5.74, 6) is -3.40. The number of hydrogen-bond acceptors (Lipinski definition) is 7. The number of methoxy groups -OCH3 is 2. The van der Waals surface area contributed by atoms with Gasteiger partial charge in [-0.2, -0.15) is 10.1 Å². The van der Waals surface area contributed by atoms with Crippen LogP contribution in [0.5, 0.6) is 11.9 Å². The number of nitrogens with zero attached hydrogens (tertiary/aromatic N) is 6. The van der Waals surface area contributed by atoms with Crippen LogP contribution in [0.25, 0.3) is 16.9 Å². The molecular weight excluding hydrogens is 501 g/mol. The van der Waals surface area contributed by atoms with Gasteiger partial charge in [0.15, 0.2) is 5.65 Å². The second-order valence-corrected chi connectivity index (χ2v) is 9.49. The number of benzene rings is 1. The highest BCUT2D eigenvalue weighted by Crippen LogP contribution is 2.55. The summed E-state index contributed by atoms with van der Waals surface area (Å²) in [6, 6.07) is 8.35. The maximum absolute atomic E-state index is 13.8. The summed E-state index contributed by atoms with van der Waals surface area (Å²) in [5, 5.41) is 4.63. The van der Waals surface area contributed by atoms with Crippen LogP contribution in [0.3, 0.4) is 0 Å². The minimum absolute atomic E-state index is 0.0244. The fourth-order valence-electron chi connectivity index (χ4n) is 4.98. The van der Waals surface area contributed by atoms with Crippen molar-refractivity contribution in [2.75, 3.05) is 27.3 Å². The van der Waals surface area contributed by atoms with E-state index in [-0.39, 0.29) is 48.2 Å². The van der Waals surface area contributed by atoms with Crippen LogP contribution in [0.2, 0.25) is 0 Å². The van der Waals surface area contributed by atoms with Crippen molar-refractivity contribution < 1.29 is 27.4 Å². The molecule has 0 bridgehead atoms. The molecule has 1 amide bonds. The Morgan fingerprint density at radius 3 is 2.58 bits per heavy atom. The van der Waals surface area contributed by atoms with Crippen molar-refractivity contribution in [2.45, 2.75) is 30.6 Å². The van der Waals surface area contributed by atoms with Gasteiger partial charge in [-0.3, -0.25) is 4.79 Å². The fraction of sp³-hybridized carbons (Fsp3) is 0.346. The van der Waals surface area contributed by atoms with Gasteiger partial charge >= 0.3 is 6.01 Å². The number of rotatable bonds is 6. The second kappa shape index (κ2) is 8.96. The Bertz CT molecular complexity index is 1540. The van der Waals surface area contributed by atoms with E-state index in [1.54, 1.807) is 12.1 Å². The molecule has 4 aromatic rings. The van der Waals surface area contributed by atoms with E-state index in [1.807, 2.05) is 6.07 Å². The zero-order chi connectivity index (χ0) is 26.6. The van der Waals surface area contributed by atoms with Crippen molar-refractivity contribution in [3.05, 3.63) is 65.4 Å². The van der Waals surface area contributed by atoms with Crippen molar-refractivity contribution >= 4 is 11.6 Å². The largest absolute Gasteiger partial charge is 0.480 e. The Morgan fingerprint density at radius 1 is 1.11 bits per heavy atom. The van der Waals surface area contributed by atoms with Crippen molar-refractivity contribution in [1.29, 1.82) is 0 Å². The summed E-state index contributed by atoms with van der Waals surface area (Å²) in [7, 11) is 2.91. The number of halogens is 3. The van der Waals surface area contributed by atoms with E-state index in [0.717, 1.165) is 22.4 Å². The normalized spacial score (nSPS) is 20.1. The first kappa shape index (κ1) is 24.1. The predicted octanol–water partition coefficient (Wildman–Crippen LogP) is 4.09. The molecular formula is C26H23F3N6O3. The van der Waals surface area contributed by atoms with E-state index in [9.17, 15) is 18.0 Å². The van der Waals surface area contributed by atoms with Crippen LogP contribution < -0.4 is 9.47 Å². The Morgan fingerprint density at radius 2 is 1.89 bits per heavy atom. The summed E-state index contributed by atoms with van der Waals surface area (Å²) >= 11 is 0. The first-order chi connectivity index (χ1) is 18.3. The van der Waals surface area contributed by atoms with Gasteiger partial charge < -0.3 is 14.4 Å². The molecule has 2 atom stereocenters. The van der Waals surface area contributed by atoms with Gasteiger partial charge in [0.2, 0.25) is 5.88 Å². The van der Waals surface area contributed by atoms with Gasteiger partial charge in [-0.25, -0.2) is 27.7 Å². The number of carbonyl (C=O) groups is 1. The van der Waals surface area contributed by atoms with Crippen molar-refractivity contribution in [2.24, 2.45) is 0 Å². The van der Waals surface area contributed by atoms with Gasteiger partial charge in [-0.05, 0) is 42.0 Å². The number of amides is 1. The molecule has 0 spiro atoms. The predicted molar refractivity (Wildman–Crippen MR) is 129 cm³/mol. The molecule has 1 saturated heterocycles. The summed E-state index contributed by atoms with van der Waals surface area (Å²) < 4.78 is 53.0. The quantitative estimate of drug-likeness (QED) is 0.375. The molecule has 38 heavy (non-hydrogen) atoms. The number of aromatic nitrogens is 5. The van der Waals surface area contributed by atoms with Crippen LogP contribution in [0.4, 0.5) is 13.2 Å². The van der Waals surface area contributed by atoms with Gasteiger partial charge in [0.1, 0.15) is 11.5 Å². The van der Waals surface area contributed by atoms with E-state index in [4.69, 9.17) is 9.47 Å². The molecule has 2 aliphatic rings. The van der Waals surface area contributed by atoms with E-state index < -0.39 is 18.4 Å². The lowest BCUT2D eigenvalue weighted by Gasteiger charge is -2.14. The molecule has 4 heterocycles. The number of fused-ring (bicyclic) bond motifs is 1. The summed E-state index contributed by atoms with van der Waals surface area (Å²) in [6.07, 6.45) is 3.39. The number of alkyl halides is 2. The average Bonchev–Trinajstić information content (AvgIpc) is 3.45. The van der Waals surface area contributed by atoms with Crippen molar-refractivity contribution in [1.82, 2.24) is 29.5 Å². The van der Waals surface area contributed by atoms with Gasteiger partial charge in [-0.1, -0.05) is 12.1 Å². The molecule has 0 N–H and O–H groups in total. The lowest BCUT2D eigenvalue weighted by Crippen LogP contribution is -2.31. The number of likely N-dealkylation sites (tertiary alicyclic amines) is 1. The SMILES string of the molecule is COc1ncc(-c2cc(C3CC3c3ccc(F)cc3)c3nc(C(=O)N4CCC(F)(F)C4)cn3n2)c(OC)n1. The van der Waals surface area contributed by atoms with E-state index >= 15 is 0 Å². The lowest BCUT2D eigenvalue weighted by atomic mass is 10.0. The maximum atomic E-state index is 13.8. The number of hydrogen-bond donors (Lipinski definition) is 0. The smallest absolute Gasteiger partial charge is 0.319 e. The molecule has 6 rings (SSSR count). The molecule has 1 aromatic carbocycles. The molecule has 1 aliphatic carbocycles. The number of imidazole rings is 1. The molecule has 3 aromatic heterocycles. The first-order valence-electron chi connectivity index (χ1n) is 12.0. The summed E-state index contributed by atoms with van der Waals surface area (Å²) in [4.78, 5) is 27.1. The van der Waals surface area contributed by atoms with Crippen molar-refractivity contribution in [3.63, 3.8) is 0 Å². The topological polar surface area (TPSA) is 94.7 Å². The van der Waals surface area contributed by atoms with Crippen molar-refractivity contribution in [3.8, 4) is 23.1 Å². The molecule has 1 aliphatic heterocycles. The van der Waals surface area contributed by atoms with Crippen LogP contribution in [-0.4, -0.2) is 68.6 Å². The van der Waals surface area contributed by atoms with Gasteiger partial charge in [-0.15, -0.1) is 0 Å². The van der Waals surface area contributed by atoms with Crippen LogP contribution in [0, 0.1) is 5.82 Å². The van der Waals surface area contributed by atoms with E-state index in [1.165, 1.54) is 43.3 Å². The van der Waals surface area contributed by atoms with Gasteiger partial charge in [0.25, 0.3) is 11.8 Å². The minimum atomic E-state index is -2.91. The standard InChI is InChI=1S/C26H23F3N6O3/c1-37-23-19(11-30-25(32-23)38-2)20-10-18(17-9-16(17)14-3-5-15(27)6-4-14)22-31-21(12-35(22)33-20)24(36)34-8-7-26(28,29)13-34/h3-6,10-12,16-17H,7-9,13H2,1-2H3. The van der Waals surface area contributed by atoms with Crippen LogP contribution in [-0.2, 0) is 0 Å². The summed E-state index contributed by atoms with van der Waals surface area (Å²) in [5.41, 5.74) is 3.25. The lowest BCUT2D eigenvalue weighted by molar-refractivity contribution is 0.0119. The van der Waals surface area contributed by atoms with Gasteiger partial charge in [0, 0.05) is 24.7 Å². The molecule has 2 fully saturated rings. The van der Waals surface area contributed by atoms with Crippen LogP contribution in [0.15, 0.2) is 42.7 Å². The molecule has 9 nitrogen and oxygen atoms in total. The minimum Gasteiger partial charge on any atom is -0.480 e. The molecule has 0 radical (unpaired) electrons. The highest BCUT2D eigenvalue weighted by Gasteiger charge is 2.43. The average molecular weight is 525 g/mol. The number of carbonyl (C=O) groups excluding carboxylic acids is 1. The fourth-order valence-corrected chi connectivity index (χ4v) is 4.98. The zero-order valence-corrected chi connectivity index (χ0v) is 20.6. The Labute approximate surface area is 215 Å². The highest BCUT2D eigenvalue weighted by molar-refractivity contribution is 5.93. The van der Waals surface area contributed by atoms with Crippen LogP contribution >= 0.6 is 0 Å². The van der Waals surface area contributed by atoms with E-state index in [0.29, 0.717) is 16.9 Å². The Balaban J connectivity index is 1.44. The molecule has 12 heteroatoms. The molecule has 196 valence electrons. The summed E-state index contributed by atoms with van der Waals surface area (Å²) in [6.45, 7) is -0.679. The zero-order valence-electron chi connectivity index (χ0n) is 20.6. The number of ether oxygens (including phenoxy) is 2. The molecule has 1 saturated carbocycles. The third kappa shape index (κ3) is 4.29. The third-order valence-electron chi connectivity index (χ3n) is 7.00. The Kier molecular flexibility index (Phi) is 5.69. The Hall–Kier alpha value is -4.22. The second-order valence-electron chi connectivity index (χ2n) is 9.49. The monoisotopic (exact) mass is 524 g/mol. The van der Waals surface area contributed by atoms with E-state index in [2.05, 4.69) is 20.1 Å². The first-order valence-corrected chi connectivity index (χ1v) is 12.0. The van der Waals surface area contributed by atoms with Crippen LogP contribution in [0.1, 0.15) is 46.3 Å².